The molecule has 0 unspecified atom stereocenters. The quantitative estimate of drug-likeness (QED) is 0.457. The Hall–Kier alpha value is -1.84. The number of nitrogens with zero attached hydrogens (tertiary/aromatic N) is 1. The van der Waals surface area contributed by atoms with E-state index in [2.05, 4.69) is 57.4 Å². The molecule has 3 aromatic rings. The average molecular weight is 425 g/mol. The summed E-state index contributed by atoms with van der Waals surface area (Å²) >= 11 is 7.92. The molecular weight excluding hydrogens is 396 g/mol. The molecule has 0 radical (unpaired) electrons. The van der Waals surface area contributed by atoms with E-state index in [1.54, 1.807) is 11.3 Å². The lowest BCUT2D eigenvalue weighted by atomic mass is 9.62. The zero-order valence-corrected chi connectivity index (χ0v) is 19.5. The lowest BCUT2D eigenvalue weighted by Gasteiger charge is -2.42. The molecule has 0 spiro atoms. The summed E-state index contributed by atoms with van der Waals surface area (Å²) in [6.45, 7) is 11.8. The van der Waals surface area contributed by atoms with E-state index in [1.165, 1.54) is 35.1 Å². The van der Waals surface area contributed by atoms with Crippen LogP contribution in [0.15, 0.2) is 41.8 Å². The highest BCUT2D eigenvalue weighted by Crippen LogP contribution is 2.48. The zero-order valence-electron chi connectivity index (χ0n) is 17.9. The molecule has 0 fully saturated rings. The molecule has 1 N–H and O–H groups in total. The van der Waals surface area contributed by atoms with Gasteiger partial charge in [0.2, 0.25) is 0 Å². The second-order valence-corrected chi connectivity index (χ2v) is 10.6. The first-order chi connectivity index (χ1) is 13.7. The molecule has 1 heterocycles. The molecule has 29 heavy (non-hydrogen) atoms. The molecule has 0 bridgehead atoms. The molecule has 4 rings (SSSR count). The molecule has 0 saturated heterocycles. The van der Waals surface area contributed by atoms with E-state index in [1.807, 2.05) is 24.3 Å². The molecule has 2 nitrogen and oxygen atoms in total. The number of aromatic nitrogens is 1. The van der Waals surface area contributed by atoms with Gasteiger partial charge < -0.3 is 5.32 Å². The minimum absolute atomic E-state index is 0.195. The van der Waals surface area contributed by atoms with Gasteiger partial charge in [-0.15, -0.1) is 11.3 Å². The van der Waals surface area contributed by atoms with Gasteiger partial charge in [-0.1, -0.05) is 64.4 Å². The maximum atomic E-state index is 6.30. The Morgan fingerprint density at radius 3 is 2.34 bits per heavy atom. The molecule has 152 valence electrons. The van der Waals surface area contributed by atoms with Crippen molar-refractivity contribution in [1.82, 2.24) is 4.98 Å². The van der Waals surface area contributed by atoms with Crippen LogP contribution < -0.4 is 5.32 Å². The number of fused-ring (bicyclic) bond motifs is 1. The number of aryl methyl sites for hydroxylation is 1. The van der Waals surface area contributed by atoms with E-state index in [9.17, 15) is 0 Å². The smallest absolute Gasteiger partial charge is 0.187 e. The van der Waals surface area contributed by atoms with Crippen LogP contribution in [-0.2, 0) is 17.3 Å². The summed E-state index contributed by atoms with van der Waals surface area (Å²) in [4.78, 5) is 4.91. The SMILES string of the molecule is CCc1cc2c(cc1-c1csc(Nc3ccccc3Cl)n1)C(C)(C)CCC2(C)C. The lowest BCUT2D eigenvalue weighted by Crippen LogP contribution is -2.34. The number of benzene rings is 2. The number of para-hydroxylation sites is 1. The predicted molar refractivity (Wildman–Crippen MR) is 127 cm³/mol. The van der Waals surface area contributed by atoms with E-state index in [4.69, 9.17) is 16.6 Å². The van der Waals surface area contributed by atoms with E-state index in [0.717, 1.165) is 22.9 Å². The van der Waals surface area contributed by atoms with Gasteiger partial charge in [-0.2, -0.15) is 0 Å². The predicted octanol–water partition coefficient (Wildman–Crippen LogP) is 8.12. The second kappa shape index (κ2) is 7.45. The van der Waals surface area contributed by atoms with Gasteiger partial charge in [-0.05, 0) is 65.0 Å². The van der Waals surface area contributed by atoms with E-state index in [0.29, 0.717) is 5.02 Å². The van der Waals surface area contributed by atoms with Crippen molar-refractivity contribution in [3.8, 4) is 11.3 Å². The van der Waals surface area contributed by atoms with Crippen molar-refractivity contribution in [2.45, 2.75) is 64.7 Å². The van der Waals surface area contributed by atoms with Crippen molar-refractivity contribution in [3.63, 3.8) is 0 Å². The largest absolute Gasteiger partial charge is 0.330 e. The Labute approximate surface area is 183 Å². The van der Waals surface area contributed by atoms with Crippen LogP contribution in [0.25, 0.3) is 11.3 Å². The Morgan fingerprint density at radius 1 is 1.03 bits per heavy atom. The van der Waals surface area contributed by atoms with Gasteiger partial charge in [0.15, 0.2) is 5.13 Å². The molecule has 1 aromatic heterocycles. The maximum absolute atomic E-state index is 6.30. The summed E-state index contributed by atoms with van der Waals surface area (Å²) in [6, 6.07) is 12.6. The van der Waals surface area contributed by atoms with Crippen LogP contribution in [0.1, 0.15) is 64.2 Å². The Kier molecular flexibility index (Phi) is 5.25. The fourth-order valence-corrected chi connectivity index (χ4v) is 5.23. The van der Waals surface area contributed by atoms with Gasteiger partial charge in [-0.25, -0.2) is 4.98 Å². The van der Waals surface area contributed by atoms with Crippen LogP contribution in [-0.4, -0.2) is 4.98 Å². The summed E-state index contributed by atoms with van der Waals surface area (Å²) < 4.78 is 0. The third kappa shape index (κ3) is 3.83. The minimum atomic E-state index is 0.195. The lowest BCUT2D eigenvalue weighted by molar-refractivity contribution is 0.331. The molecule has 0 atom stereocenters. The first-order valence-electron chi connectivity index (χ1n) is 10.4. The Balaban J connectivity index is 1.76. The number of hydrogen-bond donors (Lipinski definition) is 1. The standard InChI is InChI=1S/C25H29ClN2S/c1-6-16-13-18-19(25(4,5)12-11-24(18,2)3)14-17(16)22-15-29-23(28-22)27-21-10-8-7-9-20(21)26/h7-10,13-15H,6,11-12H2,1-5H3,(H,27,28). The molecule has 2 aromatic carbocycles. The number of anilines is 2. The second-order valence-electron chi connectivity index (χ2n) is 9.32. The van der Waals surface area contributed by atoms with Crippen molar-refractivity contribution in [1.29, 1.82) is 0 Å². The number of thiazole rings is 1. The first-order valence-corrected chi connectivity index (χ1v) is 11.6. The minimum Gasteiger partial charge on any atom is -0.330 e. The normalized spacial score (nSPS) is 17.0. The highest BCUT2D eigenvalue weighted by Gasteiger charge is 2.37. The van der Waals surface area contributed by atoms with Crippen LogP contribution in [0.5, 0.6) is 0 Å². The van der Waals surface area contributed by atoms with Crippen molar-refractivity contribution in [3.05, 3.63) is 63.5 Å². The van der Waals surface area contributed by atoms with Gasteiger partial charge >= 0.3 is 0 Å². The number of hydrogen-bond acceptors (Lipinski definition) is 3. The number of nitrogens with one attached hydrogen (secondary N) is 1. The fourth-order valence-electron chi connectivity index (χ4n) is 4.32. The highest BCUT2D eigenvalue weighted by atomic mass is 35.5. The molecule has 4 heteroatoms. The highest BCUT2D eigenvalue weighted by molar-refractivity contribution is 7.14. The first kappa shape index (κ1) is 20.4. The summed E-state index contributed by atoms with van der Waals surface area (Å²) in [5, 5.41) is 7.09. The molecular formula is C25H29ClN2S. The molecule has 1 aliphatic carbocycles. The van der Waals surface area contributed by atoms with Crippen molar-refractivity contribution >= 4 is 33.8 Å². The van der Waals surface area contributed by atoms with Gasteiger partial charge in [0.05, 0.1) is 16.4 Å². The monoisotopic (exact) mass is 424 g/mol. The topological polar surface area (TPSA) is 24.9 Å². The van der Waals surface area contributed by atoms with Gasteiger partial charge in [0.25, 0.3) is 0 Å². The van der Waals surface area contributed by atoms with E-state index in [-0.39, 0.29) is 10.8 Å². The van der Waals surface area contributed by atoms with Crippen LogP contribution in [0.3, 0.4) is 0 Å². The molecule has 0 aliphatic heterocycles. The third-order valence-corrected chi connectivity index (χ3v) is 7.44. The van der Waals surface area contributed by atoms with Crippen LogP contribution in [0.2, 0.25) is 5.02 Å². The summed E-state index contributed by atoms with van der Waals surface area (Å²) in [5.41, 5.74) is 7.99. The maximum Gasteiger partial charge on any atom is 0.187 e. The van der Waals surface area contributed by atoms with Crippen LogP contribution in [0, 0.1) is 0 Å². The Bertz CT molecular complexity index is 1050. The number of halogens is 1. The van der Waals surface area contributed by atoms with E-state index >= 15 is 0 Å². The average Bonchev–Trinajstić information content (AvgIpc) is 3.15. The van der Waals surface area contributed by atoms with Crippen molar-refractivity contribution in [2.24, 2.45) is 0 Å². The molecule has 0 amide bonds. The summed E-state index contributed by atoms with van der Waals surface area (Å²) in [5.74, 6) is 0. The van der Waals surface area contributed by atoms with E-state index < -0.39 is 0 Å². The molecule has 1 aliphatic rings. The van der Waals surface area contributed by atoms with Crippen molar-refractivity contribution < 1.29 is 0 Å². The fraction of sp³-hybridized carbons (Fsp3) is 0.400. The van der Waals surface area contributed by atoms with Gasteiger partial charge in [0, 0.05) is 10.9 Å². The van der Waals surface area contributed by atoms with Gasteiger partial charge in [-0.3, -0.25) is 0 Å². The Morgan fingerprint density at radius 2 is 1.69 bits per heavy atom. The van der Waals surface area contributed by atoms with Crippen LogP contribution in [0.4, 0.5) is 10.8 Å². The number of rotatable bonds is 4. The van der Waals surface area contributed by atoms with Crippen molar-refractivity contribution in [2.75, 3.05) is 5.32 Å². The summed E-state index contributed by atoms with van der Waals surface area (Å²) in [7, 11) is 0. The summed E-state index contributed by atoms with van der Waals surface area (Å²) in [6.07, 6.45) is 3.45. The zero-order chi connectivity index (χ0) is 20.8. The van der Waals surface area contributed by atoms with Gasteiger partial charge in [0.1, 0.15) is 0 Å². The van der Waals surface area contributed by atoms with Crippen LogP contribution >= 0.6 is 22.9 Å². The molecule has 0 saturated carbocycles. The third-order valence-electron chi connectivity index (χ3n) is 6.35.